The Morgan fingerprint density at radius 3 is 2.65 bits per heavy atom. The van der Waals surface area contributed by atoms with Gasteiger partial charge in [-0.3, -0.25) is 4.57 Å². The molecular weight excluding hydrogens is 494 g/mol. The summed E-state index contributed by atoms with van der Waals surface area (Å²) in [5, 5.41) is 2.41. The fourth-order valence-electron chi connectivity index (χ4n) is 7.14. The molecule has 1 aliphatic carbocycles. The molecular formula is C35H33N3O2. The van der Waals surface area contributed by atoms with Gasteiger partial charge >= 0.3 is 0 Å². The molecule has 0 saturated heterocycles. The Kier molecular flexibility index (Phi) is 5.01. The molecule has 5 aromatic rings. The van der Waals surface area contributed by atoms with Crippen LogP contribution in [0.4, 0.5) is 0 Å². The third kappa shape index (κ3) is 3.39. The normalized spacial score (nSPS) is 20.6. The Morgan fingerprint density at radius 1 is 0.925 bits per heavy atom. The predicted molar refractivity (Wildman–Crippen MR) is 160 cm³/mol. The van der Waals surface area contributed by atoms with Crippen LogP contribution >= 0.6 is 0 Å². The number of hydrogen-bond acceptors (Lipinski definition) is 4. The number of rotatable bonds is 3. The Morgan fingerprint density at radius 2 is 1.77 bits per heavy atom. The molecule has 0 unspecified atom stereocenters. The lowest BCUT2D eigenvalue weighted by Gasteiger charge is -2.35. The lowest BCUT2D eigenvalue weighted by molar-refractivity contribution is 0.153. The van der Waals surface area contributed by atoms with Gasteiger partial charge in [-0.25, -0.2) is 9.98 Å². The van der Waals surface area contributed by atoms with Crippen molar-refractivity contribution in [2.75, 3.05) is 0 Å². The molecule has 3 aliphatic rings. The topological polar surface area (TPSA) is 48.6 Å². The molecule has 8 rings (SSSR count). The van der Waals surface area contributed by atoms with E-state index >= 15 is 0 Å². The van der Waals surface area contributed by atoms with Crippen LogP contribution in [-0.2, 0) is 10.2 Å². The lowest BCUT2D eigenvalue weighted by Crippen LogP contribution is -2.26. The van der Waals surface area contributed by atoms with E-state index in [9.17, 15) is 0 Å². The van der Waals surface area contributed by atoms with E-state index in [4.69, 9.17) is 19.5 Å². The molecule has 0 bridgehead atoms. The van der Waals surface area contributed by atoms with Crippen LogP contribution in [0.5, 0.6) is 11.5 Å². The molecule has 2 aliphatic heterocycles. The first-order valence-corrected chi connectivity index (χ1v) is 14.5. The average molecular weight is 528 g/mol. The molecule has 0 N–H and O–H groups in total. The highest BCUT2D eigenvalue weighted by Crippen LogP contribution is 2.48. The number of aliphatic imine (C=N–C) groups is 1. The fraction of sp³-hybridized carbons (Fsp3) is 0.314. The Labute approximate surface area is 234 Å². The maximum absolute atomic E-state index is 6.67. The minimum atomic E-state index is -0.159. The largest absolute Gasteiger partial charge is 0.472 e. The van der Waals surface area contributed by atoms with Gasteiger partial charge in [0.15, 0.2) is 0 Å². The molecule has 4 heterocycles. The molecule has 2 atom stereocenters. The monoisotopic (exact) mass is 527 g/mol. The minimum Gasteiger partial charge on any atom is -0.472 e. The maximum Gasteiger partial charge on any atom is 0.216 e. The molecule has 40 heavy (non-hydrogen) atoms. The number of fused-ring (bicyclic) bond motifs is 6. The lowest BCUT2D eigenvalue weighted by atomic mass is 9.74. The predicted octanol–water partition coefficient (Wildman–Crippen LogP) is 8.32. The van der Waals surface area contributed by atoms with Gasteiger partial charge in [0, 0.05) is 34.0 Å². The molecule has 0 amide bonds. The molecule has 200 valence electrons. The van der Waals surface area contributed by atoms with Gasteiger partial charge in [0.25, 0.3) is 0 Å². The summed E-state index contributed by atoms with van der Waals surface area (Å²) in [4.78, 5) is 9.80. The molecule has 3 aromatic carbocycles. The Bertz CT molecular complexity index is 1880. The van der Waals surface area contributed by atoms with Gasteiger partial charge in [-0.15, -0.1) is 0 Å². The van der Waals surface area contributed by atoms with E-state index in [0.717, 1.165) is 58.3 Å². The van der Waals surface area contributed by atoms with Crippen LogP contribution in [0.1, 0.15) is 67.3 Å². The van der Waals surface area contributed by atoms with Crippen LogP contribution < -0.4 is 4.74 Å². The number of aromatic nitrogens is 2. The zero-order valence-corrected chi connectivity index (χ0v) is 23.5. The van der Waals surface area contributed by atoms with E-state index in [2.05, 4.69) is 86.9 Å². The van der Waals surface area contributed by atoms with Crippen LogP contribution in [0, 0.1) is 13.8 Å². The van der Waals surface area contributed by atoms with Crippen molar-refractivity contribution in [2.24, 2.45) is 4.99 Å². The summed E-state index contributed by atoms with van der Waals surface area (Å²) in [5.74, 6) is 2.41. The van der Waals surface area contributed by atoms with Crippen molar-refractivity contribution in [3.05, 3.63) is 94.7 Å². The third-order valence-electron chi connectivity index (χ3n) is 9.17. The van der Waals surface area contributed by atoms with Crippen molar-refractivity contribution in [3.63, 3.8) is 0 Å². The van der Waals surface area contributed by atoms with Crippen LogP contribution in [0.3, 0.4) is 0 Å². The summed E-state index contributed by atoms with van der Waals surface area (Å²) >= 11 is 0. The standard InChI is InChI=1S/C35H33N3O2/c1-20-15-22(34-37-28-12-5-6-13-30(28)40-34)18-23(16-20)39-31-19-29-27(17-21(31)2)35(3,4)26-11-7-9-24-25-10-8-14-36-33(25)38(29)32(24)26/h7-11,14-19,28,30H,5-6,12-13H2,1-4H3/t28-,30-/m0/s1. The highest BCUT2D eigenvalue weighted by atomic mass is 16.5. The van der Waals surface area contributed by atoms with Crippen molar-refractivity contribution < 1.29 is 9.47 Å². The van der Waals surface area contributed by atoms with Gasteiger partial charge in [0.05, 0.1) is 17.2 Å². The quantitative estimate of drug-likeness (QED) is 0.237. The highest BCUT2D eigenvalue weighted by molar-refractivity contribution is 6.10. The van der Waals surface area contributed by atoms with Crippen molar-refractivity contribution in [1.82, 2.24) is 9.55 Å². The van der Waals surface area contributed by atoms with Gasteiger partial charge in [0.1, 0.15) is 23.3 Å². The van der Waals surface area contributed by atoms with Crippen LogP contribution in [0.25, 0.3) is 27.6 Å². The molecule has 5 heteroatoms. The van der Waals surface area contributed by atoms with E-state index in [-0.39, 0.29) is 11.5 Å². The first-order valence-electron chi connectivity index (χ1n) is 14.5. The number of ether oxygens (including phenoxy) is 2. The first-order chi connectivity index (χ1) is 19.4. The van der Waals surface area contributed by atoms with Crippen molar-refractivity contribution >= 4 is 27.8 Å². The van der Waals surface area contributed by atoms with Gasteiger partial charge in [-0.1, -0.05) is 38.5 Å². The summed E-state index contributed by atoms with van der Waals surface area (Å²) in [5.41, 5.74) is 9.02. The Hall–Kier alpha value is -4.12. The summed E-state index contributed by atoms with van der Waals surface area (Å²) in [6.07, 6.45) is 6.78. The highest BCUT2D eigenvalue weighted by Gasteiger charge is 2.36. The molecule has 1 saturated carbocycles. The summed E-state index contributed by atoms with van der Waals surface area (Å²) < 4.78 is 15.3. The third-order valence-corrected chi connectivity index (χ3v) is 9.17. The number of aryl methyl sites for hydroxylation is 2. The van der Waals surface area contributed by atoms with Gasteiger partial charge in [-0.2, -0.15) is 0 Å². The maximum atomic E-state index is 6.67. The molecule has 0 spiro atoms. The molecule has 1 fully saturated rings. The summed E-state index contributed by atoms with van der Waals surface area (Å²) in [7, 11) is 0. The van der Waals surface area contributed by atoms with E-state index < -0.39 is 0 Å². The molecule has 2 aromatic heterocycles. The van der Waals surface area contributed by atoms with Crippen LogP contribution in [0.2, 0.25) is 0 Å². The number of para-hydroxylation sites is 1. The average Bonchev–Trinajstić information content (AvgIpc) is 3.53. The Balaban J connectivity index is 1.25. The smallest absolute Gasteiger partial charge is 0.216 e. The van der Waals surface area contributed by atoms with Gasteiger partial charge in [-0.05, 0) is 91.8 Å². The SMILES string of the molecule is Cc1cc(Oc2cc3c(cc2C)C(C)(C)c2cccc4c5cccnc5n-3c24)cc(C2=N[C@H]3CCCC[C@@H]3O2)c1. The second-order valence-electron chi connectivity index (χ2n) is 12.3. The molecule has 5 nitrogen and oxygen atoms in total. The van der Waals surface area contributed by atoms with E-state index in [1.807, 2.05) is 12.3 Å². The number of pyridine rings is 1. The fourth-order valence-corrected chi connectivity index (χ4v) is 7.14. The van der Waals surface area contributed by atoms with Crippen molar-refractivity contribution in [3.8, 4) is 17.2 Å². The van der Waals surface area contributed by atoms with Gasteiger partial charge in [0.2, 0.25) is 5.90 Å². The van der Waals surface area contributed by atoms with Crippen LogP contribution in [-0.4, -0.2) is 27.6 Å². The number of nitrogens with zero attached hydrogens (tertiary/aromatic N) is 3. The van der Waals surface area contributed by atoms with Crippen molar-refractivity contribution in [1.29, 1.82) is 0 Å². The second kappa shape index (κ2) is 8.44. The van der Waals surface area contributed by atoms with Gasteiger partial charge < -0.3 is 9.47 Å². The van der Waals surface area contributed by atoms with Crippen LogP contribution in [0.15, 0.2) is 71.9 Å². The zero-order valence-electron chi connectivity index (χ0n) is 23.5. The van der Waals surface area contributed by atoms with E-state index in [1.165, 1.54) is 40.3 Å². The van der Waals surface area contributed by atoms with E-state index in [1.54, 1.807) is 0 Å². The summed E-state index contributed by atoms with van der Waals surface area (Å²) in [6, 6.07) is 22.0. The zero-order chi connectivity index (χ0) is 27.2. The first kappa shape index (κ1) is 23.7. The van der Waals surface area contributed by atoms with E-state index in [0.29, 0.717) is 6.04 Å². The summed E-state index contributed by atoms with van der Waals surface area (Å²) in [6.45, 7) is 8.88. The number of benzene rings is 3. The minimum absolute atomic E-state index is 0.159. The van der Waals surface area contributed by atoms with Crippen molar-refractivity contribution in [2.45, 2.75) is 70.9 Å². The second-order valence-corrected chi connectivity index (χ2v) is 12.3. The molecule has 0 radical (unpaired) electrons. The number of hydrogen-bond donors (Lipinski definition) is 0.